The van der Waals surface area contributed by atoms with Crippen LogP contribution >= 0.6 is 0 Å². The number of hydrogen-bond acceptors (Lipinski definition) is 7. The number of aliphatic hydroxyl groups is 1. The van der Waals surface area contributed by atoms with Crippen molar-refractivity contribution in [1.82, 2.24) is 19.8 Å². The number of Topliss-reactive ketones (excluding diaryl/α,β-unsaturated/α-hetero) is 1. The number of nitrogens with zero attached hydrogens (tertiary/aromatic N) is 4. The number of pyridine rings is 2. The first-order chi connectivity index (χ1) is 14.7. The first-order valence-corrected chi connectivity index (χ1v) is 10.1. The lowest BCUT2D eigenvalue weighted by Crippen LogP contribution is -2.38. The lowest BCUT2D eigenvalue weighted by Gasteiger charge is -2.29. The minimum atomic E-state index is -0.669. The summed E-state index contributed by atoms with van der Waals surface area (Å²) in [5, 5.41) is 10.9. The Labute approximate surface area is 174 Å². The second kappa shape index (κ2) is 9.15. The molecule has 8 nitrogen and oxygen atoms in total. The molecule has 2 aromatic heterocycles. The van der Waals surface area contributed by atoms with Crippen molar-refractivity contribution in [2.75, 3.05) is 39.4 Å². The van der Waals surface area contributed by atoms with Gasteiger partial charge in [-0.05, 0) is 36.2 Å². The first kappa shape index (κ1) is 20.2. The number of carbonyl (C=O) groups is 2. The predicted molar refractivity (Wildman–Crippen MR) is 109 cm³/mol. The van der Waals surface area contributed by atoms with Crippen LogP contribution in [0.3, 0.4) is 0 Å². The lowest BCUT2D eigenvalue weighted by molar-refractivity contribution is -0.140. The molecule has 4 heterocycles. The molecule has 0 bridgehead atoms. The Hall–Kier alpha value is -3.10. The Morgan fingerprint density at radius 1 is 1.00 bits per heavy atom. The third-order valence-corrected chi connectivity index (χ3v) is 5.49. The molecule has 30 heavy (non-hydrogen) atoms. The number of likely N-dealkylation sites (tertiary alicyclic amines) is 1. The Morgan fingerprint density at radius 2 is 1.63 bits per heavy atom. The van der Waals surface area contributed by atoms with E-state index in [1.807, 2.05) is 0 Å². The van der Waals surface area contributed by atoms with Gasteiger partial charge in [-0.25, -0.2) is 0 Å². The fraction of sp³-hybridized carbons (Fsp3) is 0.364. The zero-order valence-corrected chi connectivity index (χ0v) is 16.6. The molecule has 4 rings (SSSR count). The summed E-state index contributed by atoms with van der Waals surface area (Å²) in [6, 6.07) is 6.12. The summed E-state index contributed by atoms with van der Waals surface area (Å²) in [6.07, 6.45) is 7.04. The number of carbonyl (C=O) groups excluding carboxylic acids is 2. The van der Waals surface area contributed by atoms with E-state index >= 15 is 0 Å². The summed E-state index contributed by atoms with van der Waals surface area (Å²) in [6.45, 7) is 4.41. The minimum Gasteiger partial charge on any atom is -0.507 e. The summed E-state index contributed by atoms with van der Waals surface area (Å²) in [4.78, 5) is 37.6. The average molecular weight is 408 g/mol. The van der Waals surface area contributed by atoms with Gasteiger partial charge >= 0.3 is 0 Å². The van der Waals surface area contributed by atoms with E-state index in [-0.39, 0.29) is 11.3 Å². The molecule has 156 valence electrons. The summed E-state index contributed by atoms with van der Waals surface area (Å²) in [7, 11) is 0. The highest BCUT2D eigenvalue weighted by molar-refractivity contribution is 6.46. The van der Waals surface area contributed by atoms with Crippen LogP contribution < -0.4 is 0 Å². The highest BCUT2D eigenvalue weighted by Crippen LogP contribution is 2.39. The number of amides is 1. The van der Waals surface area contributed by atoms with Gasteiger partial charge < -0.3 is 14.7 Å². The summed E-state index contributed by atoms with van der Waals surface area (Å²) in [5.74, 6) is -1.44. The summed E-state index contributed by atoms with van der Waals surface area (Å²) in [5.41, 5.74) is 1.30. The number of aromatic nitrogens is 2. The van der Waals surface area contributed by atoms with Crippen molar-refractivity contribution in [2.45, 2.75) is 12.5 Å². The minimum absolute atomic E-state index is 0.101. The molecule has 0 unspecified atom stereocenters. The Balaban J connectivity index is 1.63. The molecule has 0 saturated carbocycles. The van der Waals surface area contributed by atoms with Crippen molar-refractivity contribution in [3.8, 4) is 0 Å². The van der Waals surface area contributed by atoms with Crippen LogP contribution in [0.1, 0.15) is 23.6 Å². The number of ketones is 1. The van der Waals surface area contributed by atoms with Gasteiger partial charge in [0.25, 0.3) is 11.7 Å². The normalized spacial score (nSPS) is 21.9. The number of hydrogen-bond donors (Lipinski definition) is 1. The highest BCUT2D eigenvalue weighted by Gasteiger charge is 2.45. The monoisotopic (exact) mass is 408 g/mol. The molecular formula is C22H24N4O4. The van der Waals surface area contributed by atoms with E-state index in [9.17, 15) is 14.7 Å². The van der Waals surface area contributed by atoms with Gasteiger partial charge in [0.15, 0.2) is 0 Å². The molecule has 2 saturated heterocycles. The van der Waals surface area contributed by atoms with Gasteiger partial charge in [0, 0.05) is 56.5 Å². The Morgan fingerprint density at radius 3 is 2.30 bits per heavy atom. The topological polar surface area (TPSA) is 95.9 Å². The van der Waals surface area contributed by atoms with Crippen molar-refractivity contribution < 1.29 is 19.4 Å². The van der Waals surface area contributed by atoms with Crippen molar-refractivity contribution in [3.05, 3.63) is 65.8 Å². The van der Waals surface area contributed by atoms with Crippen molar-refractivity contribution in [2.24, 2.45) is 0 Å². The van der Waals surface area contributed by atoms with Crippen LogP contribution in [-0.4, -0.2) is 76.0 Å². The molecular weight excluding hydrogens is 384 g/mol. The van der Waals surface area contributed by atoms with Gasteiger partial charge in [0.05, 0.1) is 24.8 Å². The number of ether oxygens (including phenoxy) is 1. The average Bonchev–Trinajstić information content (AvgIpc) is 3.05. The molecule has 2 aromatic rings. The smallest absolute Gasteiger partial charge is 0.295 e. The zero-order chi connectivity index (χ0) is 20.9. The molecule has 0 spiro atoms. The Bertz CT molecular complexity index is 927. The summed E-state index contributed by atoms with van der Waals surface area (Å²) >= 11 is 0. The van der Waals surface area contributed by atoms with Crippen LogP contribution in [0.5, 0.6) is 0 Å². The SMILES string of the molecule is O=C1C(=O)N(CCCN2CCOCC2)[C@@H](c2ccncc2)/C1=C(\O)c1ccncc1. The van der Waals surface area contributed by atoms with Crippen molar-refractivity contribution >= 4 is 17.4 Å². The van der Waals surface area contributed by atoms with E-state index in [0.717, 1.165) is 31.6 Å². The summed E-state index contributed by atoms with van der Waals surface area (Å²) < 4.78 is 5.37. The molecule has 1 atom stereocenters. The third-order valence-electron chi connectivity index (χ3n) is 5.49. The largest absolute Gasteiger partial charge is 0.507 e. The van der Waals surface area contributed by atoms with E-state index in [2.05, 4.69) is 14.9 Å². The molecule has 8 heteroatoms. The van der Waals surface area contributed by atoms with Crippen LogP contribution in [0.2, 0.25) is 0 Å². The quantitative estimate of drug-likeness (QED) is 0.441. The molecule has 2 aliphatic heterocycles. The molecule has 0 aromatic carbocycles. The predicted octanol–water partition coefficient (Wildman–Crippen LogP) is 1.62. The second-order valence-electron chi connectivity index (χ2n) is 7.32. The third kappa shape index (κ3) is 4.10. The lowest BCUT2D eigenvalue weighted by atomic mass is 9.96. The molecule has 2 aliphatic rings. The standard InChI is InChI=1S/C22H24N4O4/c27-20(17-4-8-24-9-5-17)18-19(16-2-6-23-7-3-16)26(22(29)21(18)28)11-1-10-25-12-14-30-15-13-25/h2-9,19,27H,1,10-15H2/b20-18+/t19-/m0/s1. The van der Waals surface area contributed by atoms with Gasteiger partial charge in [0.2, 0.25) is 0 Å². The van der Waals surface area contributed by atoms with Crippen molar-refractivity contribution in [3.63, 3.8) is 0 Å². The number of rotatable bonds is 6. The number of aliphatic hydroxyl groups excluding tert-OH is 1. The molecule has 2 fully saturated rings. The van der Waals surface area contributed by atoms with E-state index in [1.165, 1.54) is 12.4 Å². The fourth-order valence-corrected chi connectivity index (χ4v) is 3.96. The van der Waals surface area contributed by atoms with Crippen molar-refractivity contribution in [1.29, 1.82) is 0 Å². The maximum atomic E-state index is 12.9. The highest BCUT2D eigenvalue weighted by atomic mass is 16.5. The molecule has 0 radical (unpaired) electrons. The van der Waals surface area contributed by atoms with Crippen LogP contribution in [-0.2, 0) is 14.3 Å². The van der Waals surface area contributed by atoms with E-state index < -0.39 is 17.7 Å². The van der Waals surface area contributed by atoms with E-state index in [4.69, 9.17) is 4.74 Å². The van der Waals surface area contributed by atoms with Gasteiger partial charge in [0.1, 0.15) is 5.76 Å². The zero-order valence-electron chi connectivity index (χ0n) is 16.6. The molecule has 1 amide bonds. The van der Waals surface area contributed by atoms with Gasteiger partial charge in [-0.1, -0.05) is 0 Å². The maximum Gasteiger partial charge on any atom is 0.295 e. The van der Waals surface area contributed by atoms with E-state index in [1.54, 1.807) is 41.6 Å². The van der Waals surface area contributed by atoms with Crippen LogP contribution in [0, 0.1) is 0 Å². The van der Waals surface area contributed by atoms with Crippen LogP contribution in [0.4, 0.5) is 0 Å². The fourth-order valence-electron chi connectivity index (χ4n) is 3.96. The molecule has 1 N–H and O–H groups in total. The maximum absolute atomic E-state index is 12.9. The van der Waals surface area contributed by atoms with Crippen LogP contribution in [0.15, 0.2) is 54.6 Å². The first-order valence-electron chi connectivity index (χ1n) is 10.1. The van der Waals surface area contributed by atoms with E-state index in [0.29, 0.717) is 25.3 Å². The Kier molecular flexibility index (Phi) is 6.15. The second-order valence-corrected chi connectivity index (χ2v) is 7.32. The molecule has 0 aliphatic carbocycles. The number of morpholine rings is 1. The van der Waals surface area contributed by atoms with Gasteiger partial charge in [-0.3, -0.25) is 24.5 Å². The van der Waals surface area contributed by atoms with Gasteiger partial charge in [-0.2, -0.15) is 0 Å². The van der Waals surface area contributed by atoms with Crippen LogP contribution in [0.25, 0.3) is 5.76 Å². The van der Waals surface area contributed by atoms with Gasteiger partial charge in [-0.15, -0.1) is 0 Å².